The Labute approximate surface area is 89.8 Å². The van der Waals surface area contributed by atoms with Crippen molar-refractivity contribution in [3.8, 4) is 0 Å². The van der Waals surface area contributed by atoms with Gasteiger partial charge in [-0.3, -0.25) is 0 Å². The van der Waals surface area contributed by atoms with Crippen molar-refractivity contribution in [2.24, 2.45) is 0 Å². The van der Waals surface area contributed by atoms with Gasteiger partial charge < -0.3 is 10.7 Å². The van der Waals surface area contributed by atoms with E-state index in [2.05, 4.69) is 0 Å². The van der Waals surface area contributed by atoms with Gasteiger partial charge in [-0.15, -0.1) is 0 Å². The second kappa shape index (κ2) is 4.61. The molecule has 0 aromatic heterocycles. The van der Waals surface area contributed by atoms with E-state index in [1.54, 1.807) is 0 Å². The highest BCUT2D eigenvalue weighted by Crippen LogP contribution is 2.53. The molecule has 5 N–H and O–H groups in total. The fourth-order valence-corrected chi connectivity index (χ4v) is 0.818. The first-order valence-corrected chi connectivity index (χ1v) is 4.11. The molecule has 17 heavy (non-hydrogen) atoms. The molecule has 0 bridgehead atoms. The third-order valence-electron chi connectivity index (χ3n) is 1.34. The van der Waals surface area contributed by atoms with Gasteiger partial charge in [0.05, 0.1) is 0 Å². The van der Waals surface area contributed by atoms with E-state index in [1.807, 2.05) is 0 Å². The molecule has 1 unspecified atom stereocenters. The zero-order valence-corrected chi connectivity index (χ0v) is 8.48. The summed E-state index contributed by atoms with van der Waals surface area (Å²) in [7, 11) is 0. The predicted molar refractivity (Wildman–Crippen MR) is 37.7 cm³/mol. The van der Waals surface area contributed by atoms with Crippen LogP contribution in [0, 0.1) is 0 Å². The van der Waals surface area contributed by atoms with Gasteiger partial charge in [-0.05, 0) is 0 Å². The van der Waals surface area contributed by atoms with E-state index in [4.69, 9.17) is 4.55 Å². The topological polar surface area (TPSA) is 73.8 Å². The zero-order valence-electron chi connectivity index (χ0n) is 7.67. The van der Waals surface area contributed by atoms with Crippen LogP contribution < -0.4 is 6.15 Å². The van der Waals surface area contributed by atoms with Crippen LogP contribution in [0.1, 0.15) is 0 Å². The van der Waals surface area contributed by atoms with Gasteiger partial charge in [-0.2, -0.15) is 39.5 Å². The van der Waals surface area contributed by atoms with Crippen LogP contribution in [0.4, 0.5) is 39.5 Å². The van der Waals surface area contributed by atoms with Crippen LogP contribution in [0.5, 0.6) is 0 Å². The number of alkyl halides is 9. The summed E-state index contributed by atoms with van der Waals surface area (Å²) in [5.74, 6) is -14.2. The third-order valence-corrected chi connectivity index (χ3v) is 2.03. The second-order valence-corrected chi connectivity index (χ2v) is 3.42. The molecule has 13 heteroatoms. The minimum absolute atomic E-state index is 0. The fraction of sp³-hybridized carbons (Fsp3) is 1.00. The summed E-state index contributed by atoms with van der Waals surface area (Å²) in [6.07, 6.45) is -6.99. The molecule has 1 atom stereocenters. The average Bonchev–Trinajstić information content (AvgIpc) is 2.00. The van der Waals surface area contributed by atoms with Crippen LogP contribution in [0.2, 0.25) is 0 Å². The summed E-state index contributed by atoms with van der Waals surface area (Å²) in [5.41, 5.74) is 0. The van der Waals surface area contributed by atoms with E-state index >= 15 is 0 Å². The van der Waals surface area contributed by atoms with E-state index in [0.29, 0.717) is 0 Å². The van der Waals surface area contributed by atoms with Gasteiger partial charge in [0.2, 0.25) is 11.1 Å². The Morgan fingerprint density at radius 1 is 0.765 bits per heavy atom. The molecule has 0 aromatic rings. The van der Waals surface area contributed by atoms with Gasteiger partial charge >= 0.3 is 23.3 Å². The average molecular weight is 302 g/mol. The second-order valence-electron chi connectivity index (χ2n) is 2.41. The molecule has 0 fully saturated rings. The lowest BCUT2D eigenvalue weighted by atomic mass is 10.1. The highest BCUT2D eigenvalue weighted by molar-refractivity contribution is 7.80. The summed E-state index contributed by atoms with van der Waals surface area (Å²) in [5, 5.41) is -6.44. The number of hydrogen-bond donors (Lipinski definition) is 2. The van der Waals surface area contributed by atoms with Crippen molar-refractivity contribution in [3.63, 3.8) is 0 Å². The summed E-state index contributed by atoms with van der Waals surface area (Å²) >= 11 is -4.89. The molecule has 0 aliphatic heterocycles. The highest BCUT2D eigenvalue weighted by atomic mass is 32.2. The van der Waals surface area contributed by atoms with Crippen molar-refractivity contribution in [1.29, 1.82) is 0 Å². The Morgan fingerprint density at radius 2 is 1.06 bits per heavy atom. The molecule has 0 heterocycles. The normalized spacial score (nSPS) is 16.4. The van der Waals surface area contributed by atoms with Crippen LogP contribution in [0.15, 0.2) is 0 Å². The Balaban J connectivity index is 0. The van der Waals surface area contributed by atoms with E-state index in [0.717, 1.165) is 0 Å². The Morgan fingerprint density at radius 3 is 1.24 bits per heavy atom. The quantitative estimate of drug-likeness (QED) is 0.621. The molecule has 0 radical (unpaired) electrons. The Hall–Kier alpha value is -0.560. The van der Waals surface area contributed by atoms with Gasteiger partial charge in [0, 0.05) is 0 Å². The maximum absolute atomic E-state index is 12.2. The number of hydrogen-bond acceptors (Lipinski definition) is 1. The third kappa shape index (κ3) is 2.65. The maximum atomic E-state index is 12.2. The highest BCUT2D eigenvalue weighted by Gasteiger charge is 2.83. The number of rotatable bonds is 3. The van der Waals surface area contributed by atoms with Crippen LogP contribution in [-0.2, 0) is 11.1 Å². The van der Waals surface area contributed by atoms with Gasteiger partial charge in [-0.1, -0.05) is 0 Å². The molecule has 0 aromatic carbocycles. The molecule has 0 rings (SSSR count). The summed E-state index contributed by atoms with van der Waals surface area (Å²) in [6.45, 7) is 0. The largest absolute Gasteiger partial charge is 0.460 e. The van der Waals surface area contributed by atoms with Crippen molar-refractivity contribution >= 4 is 11.1 Å². The zero-order chi connectivity index (χ0) is 13.6. The van der Waals surface area contributed by atoms with E-state index in [-0.39, 0.29) is 6.15 Å². The molecule has 0 saturated carbocycles. The molecular formula is C4H5F9NO2S+. The first-order chi connectivity index (χ1) is 6.69. The van der Waals surface area contributed by atoms with Crippen molar-refractivity contribution in [3.05, 3.63) is 0 Å². The van der Waals surface area contributed by atoms with Crippen molar-refractivity contribution in [2.75, 3.05) is 0 Å². The van der Waals surface area contributed by atoms with E-state index < -0.39 is 34.4 Å². The van der Waals surface area contributed by atoms with Crippen LogP contribution in [-0.4, -0.2) is 32.0 Å². The van der Waals surface area contributed by atoms with Crippen molar-refractivity contribution in [2.45, 2.75) is 23.3 Å². The molecule has 3 nitrogen and oxygen atoms in total. The minimum Gasteiger partial charge on any atom is -0.369 e. The molecule has 106 valence electrons. The van der Waals surface area contributed by atoms with Gasteiger partial charge in [0.15, 0.2) is 0 Å². The number of halogens is 9. The lowest BCUT2D eigenvalue weighted by molar-refractivity contribution is -0.382. The molecule has 0 aliphatic carbocycles. The predicted octanol–water partition coefficient (Wildman–Crippen LogP) is 3.01. The molecule has 0 aliphatic rings. The monoisotopic (exact) mass is 302 g/mol. The maximum Gasteiger partial charge on any atom is 0.460 e. The first-order valence-electron chi connectivity index (χ1n) is 3.00. The van der Waals surface area contributed by atoms with Crippen LogP contribution in [0.3, 0.4) is 0 Å². The molecule has 0 spiro atoms. The summed E-state index contributed by atoms with van der Waals surface area (Å²) in [4.78, 5) is 0. The molecule has 0 amide bonds. The van der Waals surface area contributed by atoms with Gasteiger partial charge in [0.25, 0.3) is 0 Å². The fourth-order valence-electron chi connectivity index (χ4n) is 0.470. The van der Waals surface area contributed by atoms with Gasteiger partial charge in [-0.25, -0.2) is 4.21 Å². The van der Waals surface area contributed by atoms with E-state index in [9.17, 15) is 43.7 Å². The van der Waals surface area contributed by atoms with E-state index in [1.165, 1.54) is 0 Å². The smallest absolute Gasteiger partial charge is 0.369 e. The lowest BCUT2D eigenvalue weighted by Crippen LogP contribution is -2.62. The summed E-state index contributed by atoms with van der Waals surface area (Å²) in [6, 6.07) is 0. The van der Waals surface area contributed by atoms with Gasteiger partial charge in [0.1, 0.15) is 0 Å². The number of quaternary nitrogens is 1. The molecule has 0 saturated heterocycles. The van der Waals surface area contributed by atoms with Crippen molar-refractivity contribution < 1.29 is 48.3 Å². The minimum atomic E-state index is -7.14. The molecular weight excluding hydrogens is 297 g/mol. The van der Waals surface area contributed by atoms with Crippen LogP contribution in [0.25, 0.3) is 0 Å². The summed E-state index contributed by atoms with van der Waals surface area (Å²) < 4.78 is 124. The standard InChI is InChI=1S/C4HF9O2S.H3N/c5-1(6,3(9,10)11)2(7,8)4(12,13)16(14)15;/h(H,14,15);1H3/p+1. The Bertz CT molecular complexity index is 300. The van der Waals surface area contributed by atoms with Crippen molar-refractivity contribution in [1.82, 2.24) is 6.15 Å². The Kier molecular flexibility index (Phi) is 5.09. The SMILES string of the molecule is O=S(O)C(F)(F)C(F)(F)C(F)(F)C(F)(F)F.[NH4+]. The lowest BCUT2D eigenvalue weighted by Gasteiger charge is -2.31. The van der Waals surface area contributed by atoms with Crippen LogP contribution >= 0.6 is 0 Å². The first kappa shape index (κ1) is 18.8.